The molecule has 0 fully saturated rings. The Labute approximate surface area is 112 Å². The third-order valence-electron chi connectivity index (χ3n) is 4.12. The Bertz CT molecular complexity index is 647. The number of hydrogen-bond donors (Lipinski definition) is 0. The molecule has 0 aromatic heterocycles. The molecule has 0 spiro atoms. The number of aryl methyl sites for hydroxylation is 1. The van der Waals surface area contributed by atoms with Gasteiger partial charge in [0.05, 0.1) is 5.41 Å². The molecule has 3 rings (SSSR count). The van der Waals surface area contributed by atoms with Gasteiger partial charge in [0, 0.05) is 5.56 Å². The molecular formula is C17H15FO. The lowest BCUT2D eigenvalue weighted by atomic mass is 9.68. The van der Waals surface area contributed by atoms with E-state index in [2.05, 4.69) is 0 Å². The van der Waals surface area contributed by atoms with Crippen LogP contribution in [-0.2, 0) is 11.8 Å². The third-order valence-corrected chi connectivity index (χ3v) is 4.12. The normalized spacial score (nSPS) is 22.1. The zero-order valence-electron chi connectivity index (χ0n) is 10.8. The SMILES string of the molecule is CC1(c2cccc(F)c2)CCc2ccccc2C1=O. The fraction of sp³-hybridized carbons (Fsp3) is 0.235. The Hall–Kier alpha value is -1.96. The van der Waals surface area contributed by atoms with Gasteiger partial charge in [0.1, 0.15) is 5.82 Å². The maximum atomic E-state index is 13.4. The van der Waals surface area contributed by atoms with E-state index in [1.807, 2.05) is 37.3 Å². The van der Waals surface area contributed by atoms with Gasteiger partial charge in [-0.1, -0.05) is 36.4 Å². The van der Waals surface area contributed by atoms with Crippen LogP contribution in [0, 0.1) is 5.82 Å². The summed E-state index contributed by atoms with van der Waals surface area (Å²) in [6.07, 6.45) is 1.58. The fourth-order valence-electron chi connectivity index (χ4n) is 2.86. The summed E-state index contributed by atoms with van der Waals surface area (Å²) >= 11 is 0. The molecule has 0 saturated carbocycles. The standard InChI is InChI=1S/C17H15FO/c1-17(13-6-4-7-14(18)11-13)10-9-12-5-2-3-8-15(12)16(17)19/h2-8,11H,9-10H2,1H3. The molecule has 1 nitrogen and oxygen atoms in total. The van der Waals surface area contributed by atoms with Gasteiger partial charge in [0.25, 0.3) is 0 Å². The lowest BCUT2D eigenvalue weighted by Crippen LogP contribution is -2.37. The number of hydrogen-bond acceptors (Lipinski definition) is 1. The van der Waals surface area contributed by atoms with Crippen molar-refractivity contribution in [2.45, 2.75) is 25.2 Å². The average Bonchev–Trinajstić information content (AvgIpc) is 2.43. The van der Waals surface area contributed by atoms with Crippen LogP contribution in [0.3, 0.4) is 0 Å². The highest BCUT2D eigenvalue weighted by Gasteiger charge is 2.39. The summed E-state index contributed by atoms with van der Waals surface area (Å²) in [4.78, 5) is 12.7. The fourth-order valence-corrected chi connectivity index (χ4v) is 2.86. The Morgan fingerprint density at radius 3 is 2.68 bits per heavy atom. The minimum atomic E-state index is -0.615. The van der Waals surface area contributed by atoms with Crippen molar-refractivity contribution in [1.82, 2.24) is 0 Å². The molecular weight excluding hydrogens is 239 g/mol. The van der Waals surface area contributed by atoms with Crippen molar-refractivity contribution in [3.05, 3.63) is 71.0 Å². The number of Topliss-reactive ketones (excluding diaryl/α,β-unsaturated/α-hetero) is 1. The maximum absolute atomic E-state index is 13.4. The van der Waals surface area contributed by atoms with Gasteiger partial charge >= 0.3 is 0 Å². The van der Waals surface area contributed by atoms with Crippen molar-refractivity contribution < 1.29 is 9.18 Å². The number of fused-ring (bicyclic) bond motifs is 1. The molecule has 2 aromatic rings. The van der Waals surface area contributed by atoms with Crippen molar-refractivity contribution in [2.24, 2.45) is 0 Å². The smallest absolute Gasteiger partial charge is 0.173 e. The van der Waals surface area contributed by atoms with Gasteiger partial charge in [0.2, 0.25) is 0 Å². The Morgan fingerprint density at radius 1 is 1.11 bits per heavy atom. The molecule has 0 N–H and O–H groups in total. The number of carbonyl (C=O) groups excluding carboxylic acids is 1. The highest BCUT2D eigenvalue weighted by Crippen LogP contribution is 2.38. The molecule has 1 aliphatic carbocycles. The zero-order chi connectivity index (χ0) is 13.5. The van der Waals surface area contributed by atoms with Gasteiger partial charge in [0.15, 0.2) is 5.78 Å². The van der Waals surface area contributed by atoms with Crippen molar-refractivity contribution in [3.63, 3.8) is 0 Å². The van der Waals surface area contributed by atoms with Crippen LogP contribution in [0.15, 0.2) is 48.5 Å². The van der Waals surface area contributed by atoms with Crippen LogP contribution in [0.2, 0.25) is 0 Å². The number of ketones is 1. The Balaban J connectivity index is 2.10. The molecule has 1 atom stereocenters. The number of halogens is 1. The van der Waals surface area contributed by atoms with Gasteiger partial charge in [-0.05, 0) is 43.0 Å². The second-order valence-electron chi connectivity index (χ2n) is 5.33. The predicted octanol–water partition coefficient (Wildman–Crippen LogP) is 3.91. The van der Waals surface area contributed by atoms with Crippen LogP contribution in [-0.4, -0.2) is 5.78 Å². The number of rotatable bonds is 1. The summed E-state index contributed by atoms with van der Waals surface area (Å²) < 4.78 is 13.4. The lowest BCUT2D eigenvalue weighted by Gasteiger charge is -2.33. The van der Waals surface area contributed by atoms with Crippen molar-refractivity contribution >= 4 is 5.78 Å². The van der Waals surface area contributed by atoms with Crippen molar-refractivity contribution in [3.8, 4) is 0 Å². The van der Waals surface area contributed by atoms with Gasteiger partial charge in [-0.25, -0.2) is 4.39 Å². The molecule has 1 unspecified atom stereocenters. The average molecular weight is 254 g/mol. The summed E-state index contributed by atoms with van der Waals surface area (Å²) in [6, 6.07) is 14.1. The van der Waals surface area contributed by atoms with Gasteiger partial charge in [-0.3, -0.25) is 4.79 Å². The lowest BCUT2D eigenvalue weighted by molar-refractivity contribution is 0.0875. The second kappa shape index (κ2) is 4.30. The first-order valence-electron chi connectivity index (χ1n) is 6.50. The first-order chi connectivity index (χ1) is 9.11. The molecule has 1 aliphatic rings. The largest absolute Gasteiger partial charge is 0.293 e. The van der Waals surface area contributed by atoms with Crippen LogP contribution < -0.4 is 0 Å². The van der Waals surface area contributed by atoms with E-state index in [1.54, 1.807) is 6.07 Å². The second-order valence-corrected chi connectivity index (χ2v) is 5.33. The molecule has 96 valence electrons. The van der Waals surface area contributed by atoms with Gasteiger partial charge in [-0.2, -0.15) is 0 Å². The van der Waals surface area contributed by atoms with E-state index in [9.17, 15) is 9.18 Å². The van der Waals surface area contributed by atoms with E-state index in [-0.39, 0.29) is 11.6 Å². The molecule has 0 amide bonds. The minimum absolute atomic E-state index is 0.0972. The zero-order valence-corrected chi connectivity index (χ0v) is 10.8. The molecule has 19 heavy (non-hydrogen) atoms. The van der Waals surface area contributed by atoms with Crippen LogP contribution in [0.25, 0.3) is 0 Å². The molecule has 0 radical (unpaired) electrons. The van der Waals surface area contributed by atoms with Crippen molar-refractivity contribution in [1.29, 1.82) is 0 Å². The molecule has 2 heteroatoms. The summed E-state index contributed by atoms with van der Waals surface area (Å²) in [5.41, 5.74) is 2.03. The van der Waals surface area contributed by atoms with Crippen molar-refractivity contribution in [2.75, 3.05) is 0 Å². The molecule has 2 aromatic carbocycles. The summed E-state index contributed by atoms with van der Waals surface area (Å²) in [5.74, 6) is -0.190. The van der Waals surface area contributed by atoms with E-state index < -0.39 is 5.41 Å². The molecule has 0 bridgehead atoms. The van der Waals surface area contributed by atoms with Crippen LogP contribution in [0.5, 0.6) is 0 Å². The van der Waals surface area contributed by atoms with Crippen LogP contribution >= 0.6 is 0 Å². The van der Waals surface area contributed by atoms with E-state index in [0.717, 1.165) is 29.5 Å². The van der Waals surface area contributed by atoms with Gasteiger partial charge in [-0.15, -0.1) is 0 Å². The highest BCUT2D eigenvalue weighted by atomic mass is 19.1. The summed E-state index contributed by atoms with van der Waals surface area (Å²) in [5, 5.41) is 0. The minimum Gasteiger partial charge on any atom is -0.293 e. The molecule has 0 saturated heterocycles. The Kier molecular flexibility index (Phi) is 2.74. The highest BCUT2D eigenvalue weighted by molar-refractivity contribution is 6.05. The monoisotopic (exact) mass is 254 g/mol. The quantitative estimate of drug-likeness (QED) is 0.754. The van der Waals surface area contributed by atoms with Gasteiger partial charge < -0.3 is 0 Å². The summed E-state index contributed by atoms with van der Waals surface area (Å²) in [6.45, 7) is 1.92. The molecule has 0 heterocycles. The first kappa shape index (κ1) is 12.1. The Morgan fingerprint density at radius 2 is 1.89 bits per heavy atom. The third kappa shape index (κ3) is 1.88. The van der Waals surface area contributed by atoms with Crippen LogP contribution in [0.1, 0.15) is 34.8 Å². The van der Waals surface area contributed by atoms with E-state index in [4.69, 9.17) is 0 Å². The van der Waals surface area contributed by atoms with E-state index in [1.165, 1.54) is 12.1 Å². The number of carbonyl (C=O) groups is 1. The first-order valence-corrected chi connectivity index (χ1v) is 6.50. The van der Waals surface area contributed by atoms with E-state index >= 15 is 0 Å². The molecule has 0 aliphatic heterocycles. The summed E-state index contributed by atoms with van der Waals surface area (Å²) in [7, 11) is 0. The topological polar surface area (TPSA) is 17.1 Å². The van der Waals surface area contributed by atoms with Crippen LogP contribution in [0.4, 0.5) is 4.39 Å². The van der Waals surface area contributed by atoms with E-state index in [0.29, 0.717) is 0 Å². The predicted molar refractivity (Wildman–Crippen MR) is 72.8 cm³/mol. The maximum Gasteiger partial charge on any atom is 0.173 e. The number of benzene rings is 2.